The molecule has 4 aromatic carbocycles. The van der Waals surface area contributed by atoms with Gasteiger partial charge in [-0.15, -0.1) is 0 Å². The van der Waals surface area contributed by atoms with Gasteiger partial charge in [-0.05, 0) is 140 Å². The van der Waals surface area contributed by atoms with Crippen LogP contribution in [0.4, 0.5) is 0 Å². The standard InChI is InChI=1S/C45H54O6/c1-5-46-27-11-7-9-13-29-48-37-18-15-35(16-19-37)31-36-17-25-41-42-26-24-40(33-44(42)45(3,4)43(41)32-36)51-34-50-39-22-20-38(21-23-39)49-30-14-10-8-12-28-47-6-2/h5-6,15-26,32-33H,1-2,7-14,27-31,34H2,3-4H3. The predicted molar refractivity (Wildman–Crippen MR) is 206 cm³/mol. The third kappa shape index (κ3) is 11.1. The van der Waals surface area contributed by atoms with E-state index in [9.17, 15) is 0 Å². The topological polar surface area (TPSA) is 55.4 Å². The summed E-state index contributed by atoms with van der Waals surface area (Å²) in [5.74, 6) is 3.31. The minimum Gasteiger partial charge on any atom is -0.502 e. The Kier molecular flexibility index (Phi) is 14.3. The molecule has 0 aromatic heterocycles. The SMILES string of the molecule is C=COCCCCCCOc1ccc(Cc2ccc3c(c2)C(C)(C)c2cc(OCOc4ccc(OCCCCCCOC=C)cc4)ccc2-3)cc1. The molecule has 0 aliphatic heterocycles. The molecule has 0 heterocycles. The second-order valence-electron chi connectivity index (χ2n) is 13.5. The van der Waals surface area contributed by atoms with Gasteiger partial charge in [0.25, 0.3) is 0 Å². The summed E-state index contributed by atoms with van der Waals surface area (Å²) in [5.41, 5.74) is 7.60. The number of unbranched alkanes of at least 4 members (excludes halogenated alkanes) is 6. The Hall–Kier alpha value is -4.84. The second kappa shape index (κ2) is 19.5. The maximum atomic E-state index is 6.07. The molecule has 0 spiro atoms. The summed E-state index contributed by atoms with van der Waals surface area (Å²) in [4.78, 5) is 0. The summed E-state index contributed by atoms with van der Waals surface area (Å²) >= 11 is 0. The average molecular weight is 691 g/mol. The van der Waals surface area contributed by atoms with Gasteiger partial charge in [-0.3, -0.25) is 0 Å². The van der Waals surface area contributed by atoms with Crippen molar-refractivity contribution in [2.75, 3.05) is 33.2 Å². The van der Waals surface area contributed by atoms with E-state index in [-0.39, 0.29) is 12.2 Å². The van der Waals surface area contributed by atoms with Crippen LogP contribution in [0.1, 0.15) is 87.5 Å². The first-order chi connectivity index (χ1) is 25.0. The molecule has 0 saturated heterocycles. The summed E-state index contributed by atoms with van der Waals surface area (Å²) < 4.78 is 34.2. The van der Waals surface area contributed by atoms with Gasteiger partial charge in [0.1, 0.15) is 23.0 Å². The van der Waals surface area contributed by atoms with Crippen molar-refractivity contribution in [3.05, 3.63) is 133 Å². The van der Waals surface area contributed by atoms with Gasteiger partial charge < -0.3 is 28.4 Å². The Morgan fingerprint density at radius 2 is 0.902 bits per heavy atom. The van der Waals surface area contributed by atoms with E-state index in [1.165, 1.54) is 45.9 Å². The zero-order valence-corrected chi connectivity index (χ0v) is 30.5. The van der Waals surface area contributed by atoms with E-state index in [4.69, 9.17) is 28.4 Å². The maximum absolute atomic E-state index is 6.07. The number of ether oxygens (including phenoxy) is 6. The molecule has 0 fully saturated rings. The zero-order chi connectivity index (χ0) is 35.7. The molecular weight excluding hydrogens is 636 g/mol. The maximum Gasteiger partial charge on any atom is 0.230 e. The Morgan fingerprint density at radius 3 is 1.47 bits per heavy atom. The molecule has 0 bridgehead atoms. The fourth-order valence-electron chi connectivity index (χ4n) is 6.53. The van der Waals surface area contributed by atoms with Gasteiger partial charge in [-0.2, -0.15) is 0 Å². The normalized spacial score (nSPS) is 12.4. The highest BCUT2D eigenvalue weighted by Crippen LogP contribution is 2.50. The van der Waals surface area contributed by atoms with Crippen molar-refractivity contribution >= 4 is 0 Å². The van der Waals surface area contributed by atoms with E-state index >= 15 is 0 Å². The number of rotatable bonds is 24. The lowest BCUT2D eigenvalue weighted by Crippen LogP contribution is -2.15. The first kappa shape index (κ1) is 37.4. The summed E-state index contributed by atoms with van der Waals surface area (Å²) in [6, 6.07) is 29.5. The first-order valence-corrected chi connectivity index (χ1v) is 18.4. The molecule has 5 rings (SSSR count). The van der Waals surface area contributed by atoms with Crippen LogP contribution in [0.5, 0.6) is 23.0 Å². The molecule has 6 nitrogen and oxygen atoms in total. The minimum atomic E-state index is -0.146. The van der Waals surface area contributed by atoms with Crippen molar-refractivity contribution in [1.82, 2.24) is 0 Å². The molecule has 0 atom stereocenters. The van der Waals surface area contributed by atoms with Crippen LogP contribution in [0.15, 0.2) is 111 Å². The lowest BCUT2D eigenvalue weighted by Gasteiger charge is -2.22. The molecule has 4 aromatic rings. The van der Waals surface area contributed by atoms with Gasteiger partial charge in [-0.1, -0.05) is 63.4 Å². The molecule has 1 aliphatic carbocycles. The molecule has 0 unspecified atom stereocenters. The summed E-state index contributed by atoms with van der Waals surface area (Å²) in [7, 11) is 0. The molecule has 0 radical (unpaired) electrons. The van der Waals surface area contributed by atoms with Crippen molar-refractivity contribution in [3.63, 3.8) is 0 Å². The van der Waals surface area contributed by atoms with Crippen molar-refractivity contribution in [2.24, 2.45) is 0 Å². The summed E-state index contributed by atoms with van der Waals surface area (Å²) in [5, 5.41) is 0. The monoisotopic (exact) mass is 690 g/mol. The van der Waals surface area contributed by atoms with E-state index in [2.05, 4.69) is 81.6 Å². The quantitative estimate of drug-likeness (QED) is 0.0414. The minimum absolute atomic E-state index is 0.127. The zero-order valence-electron chi connectivity index (χ0n) is 30.5. The molecular formula is C45H54O6. The van der Waals surface area contributed by atoms with E-state index in [1.807, 2.05) is 30.3 Å². The molecule has 270 valence electrons. The third-order valence-corrected chi connectivity index (χ3v) is 9.40. The Labute approximate surface area is 305 Å². The van der Waals surface area contributed by atoms with Gasteiger partial charge in [0.2, 0.25) is 6.79 Å². The smallest absolute Gasteiger partial charge is 0.230 e. The lowest BCUT2D eigenvalue weighted by atomic mass is 9.81. The number of hydrogen-bond donors (Lipinski definition) is 0. The van der Waals surface area contributed by atoms with E-state index in [0.717, 1.165) is 101 Å². The van der Waals surface area contributed by atoms with Crippen LogP contribution >= 0.6 is 0 Å². The average Bonchev–Trinajstić information content (AvgIpc) is 3.36. The van der Waals surface area contributed by atoms with E-state index in [0.29, 0.717) is 6.61 Å². The molecule has 6 heteroatoms. The highest BCUT2D eigenvalue weighted by atomic mass is 16.7. The Morgan fingerprint density at radius 1 is 0.471 bits per heavy atom. The fourth-order valence-corrected chi connectivity index (χ4v) is 6.53. The first-order valence-electron chi connectivity index (χ1n) is 18.4. The van der Waals surface area contributed by atoms with Crippen LogP contribution in [0, 0.1) is 0 Å². The molecule has 1 aliphatic rings. The highest BCUT2D eigenvalue weighted by molar-refractivity contribution is 5.81. The lowest BCUT2D eigenvalue weighted by molar-refractivity contribution is 0.119. The van der Waals surface area contributed by atoms with Gasteiger partial charge >= 0.3 is 0 Å². The van der Waals surface area contributed by atoms with Gasteiger partial charge in [0, 0.05) is 5.41 Å². The second-order valence-corrected chi connectivity index (χ2v) is 13.5. The fraction of sp³-hybridized carbons (Fsp3) is 0.378. The number of fused-ring (bicyclic) bond motifs is 3. The largest absolute Gasteiger partial charge is 0.502 e. The van der Waals surface area contributed by atoms with Crippen LogP contribution < -0.4 is 18.9 Å². The van der Waals surface area contributed by atoms with E-state index in [1.54, 1.807) is 0 Å². The third-order valence-electron chi connectivity index (χ3n) is 9.40. The Balaban J connectivity index is 1.06. The molecule has 0 N–H and O–H groups in total. The Bertz CT molecular complexity index is 1660. The van der Waals surface area contributed by atoms with E-state index < -0.39 is 0 Å². The van der Waals surface area contributed by atoms with Crippen molar-refractivity contribution < 1.29 is 28.4 Å². The van der Waals surface area contributed by atoms with Crippen molar-refractivity contribution in [2.45, 2.75) is 77.0 Å². The molecule has 0 amide bonds. The molecule has 0 saturated carbocycles. The summed E-state index contributed by atoms with van der Waals surface area (Å²) in [6.45, 7) is 14.8. The van der Waals surface area contributed by atoms with Crippen LogP contribution in [-0.2, 0) is 21.3 Å². The number of benzene rings is 4. The van der Waals surface area contributed by atoms with Crippen LogP contribution in [-0.4, -0.2) is 33.2 Å². The van der Waals surface area contributed by atoms with Gasteiger partial charge in [0.05, 0.1) is 39.0 Å². The molecule has 51 heavy (non-hydrogen) atoms. The van der Waals surface area contributed by atoms with Crippen molar-refractivity contribution in [1.29, 1.82) is 0 Å². The number of hydrogen-bond acceptors (Lipinski definition) is 6. The van der Waals surface area contributed by atoms with Crippen molar-refractivity contribution in [3.8, 4) is 34.1 Å². The van der Waals surface area contributed by atoms with Crippen LogP contribution in [0.25, 0.3) is 11.1 Å². The highest BCUT2D eigenvalue weighted by Gasteiger charge is 2.35. The van der Waals surface area contributed by atoms with Gasteiger partial charge in [0.15, 0.2) is 0 Å². The van der Waals surface area contributed by atoms with Crippen LogP contribution in [0.3, 0.4) is 0 Å². The van der Waals surface area contributed by atoms with Crippen LogP contribution in [0.2, 0.25) is 0 Å². The summed E-state index contributed by atoms with van der Waals surface area (Å²) in [6.07, 6.45) is 12.6. The predicted octanol–water partition coefficient (Wildman–Crippen LogP) is 11.2. The van der Waals surface area contributed by atoms with Gasteiger partial charge in [-0.25, -0.2) is 0 Å².